The second kappa shape index (κ2) is 7.16. The third-order valence-electron chi connectivity index (χ3n) is 4.68. The zero-order valence-electron chi connectivity index (χ0n) is 14.8. The number of hydrogen-bond donors (Lipinski definition) is 0. The fourth-order valence-corrected chi connectivity index (χ4v) is 3.06. The van der Waals surface area contributed by atoms with E-state index in [0.29, 0.717) is 0 Å². The third kappa shape index (κ3) is 3.96. The predicted octanol–water partition coefficient (Wildman–Crippen LogP) is 5.79. The quantitative estimate of drug-likeness (QED) is 0.503. The average molecular weight is 417 g/mol. The minimum atomic E-state index is -4.61. The number of nitrogens with zero attached hydrogens (tertiary/aromatic N) is 3. The normalized spacial score (nSPS) is 14.1. The van der Waals surface area contributed by atoms with Gasteiger partial charge < -0.3 is 0 Å². The summed E-state index contributed by atoms with van der Waals surface area (Å²) in [6, 6.07) is 5.65. The Hall–Kier alpha value is -2.91. The van der Waals surface area contributed by atoms with Gasteiger partial charge >= 0.3 is 12.4 Å². The van der Waals surface area contributed by atoms with Gasteiger partial charge in [0.2, 0.25) is 0 Å². The molecule has 3 aromatic rings. The smallest absolute Gasteiger partial charge is 0.246 e. The van der Waals surface area contributed by atoms with Gasteiger partial charge in [-0.3, -0.25) is 0 Å². The number of alkyl halides is 7. The molecule has 1 heterocycles. The third-order valence-corrected chi connectivity index (χ3v) is 4.68. The largest absolute Gasteiger partial charge is 0.416 e. The van der Waals surface area contributed by atoms with Crippen molar-refractivity contribution in [3.05, 3.63) is 83.2 Å². The summed E-state index contributed by atoms with van der Waals surface area (Å²) < 4.78 is 94.7. The molecule has 3 nitrogen and oxygen atoms in total. The van der Waals surface area contributed by atoms with Crippen molar-refractivity contribution in [3.63, 3.8) is 0 Å². The Bertz CT molecular complexity index is 886. The van der Waals surface area contributed by atoms with Crippen LogP contribution in [0.2, 0.25) is 0 Å². The molecule has 0 aliphatic heterocycles. The van der Waals surface area contributed by atoms with E-state index < -0.39 is 35.2 Å². The van der Waals surface area contributed by atoms with E-state index in [1.807, 2.05) is 0 Å². The van der Waals surface area contributed by atoms with E-state index in [0.717, 1.165) is 53.2 Å². The van der Waals surface area contributed by atoms with Crippen molar-refractivity contribution in [2.75, 3.05) is 0 Å². The molecule has 154 valence electrons. The maximum Gasteiger partial charge on any atom is 0.416 e. The van der Waals surface area contributed by atoms with Crippen LogP contribution in [0.25, 0.3) is 0 Å². The molecule has 0 N–H and O–H groups in total. The molecule has 29 heavy (non-hydrogen) atoms. The summed E-state index contributed by atoms with van der Waals surface area (Å²) >= 11 is 0. The van der Waals surface area contributed by atoms with Gasteiger partial charge in [-0.2, -0.15) is 26.3 Å². The van der Waals surface area contributed by atoms with E-state index in [4.69, 9.17) is 0 Å². The topological polar surface area (TPSA) is 30.7 Å². The monoisotopic (exact) mass is 417 g/mol. The van der Waals surface area contributed by atoms with Crippen molar-refractivity contribution >= 4 is 0 Å². The van der Waals surface area contributed by atoms with E-state index in [-0.39, 0.29) is 11.1 Å². The molecule has 0 radical (unpaired) electrons. The summed E-state index contributed by atoms with van der Waals surface area (Å²) in [5.41, 5.74) is -4.72. The van der Waals surface area contributed by atoms with Crippen molar-refractivity contribution in [2.45, 2.75) is 31.0 Å². The van der Waals surface area contributed by atoms with Crippen molar-refractivity contribution in [2.24, 2.45) is 0 Å². The number of benzene rings is 2. The summed E-state index contributed by atoms with van der Waals surface area (Å²) in [4.78, 5) is 0. The Kier molecular flexibility index (Phi) is 5.14. The second-order valence-corrected chi connectivity index (χ2v) is 6.42. The van der Waals surface area contributed by atoms with Crippen LogP contribution in [0, 0.1) is 0 Å². The van der Waals surface area contributed by atoms with Crippen LogP contribution >= 0.6 is 0 Å². The van der Waals surface area contributed by atoms with Crippen LogP contribution in [-0.2, 0) is 18.0 Å². The molecule has 2 aromatic carbocycles. The van der Waals surface area contributed by atoms with Gasteiger partial charge in [-0.05, 0) is 42.3 Å². The van der Waals surface area contributed by atoms with Crippen LogP contribution in [0.3, 0.4) is 0 Å². The van der Waals surface area contributed by atoms with Crippen molar-refractivity contribution in [3.8, 4) is 0 Å². The zero-order valence-corrected chi connectivity index (χ0v) is 14.8. The maximum atomic E-state index is 16.4. The van der Waals surface area contributed by atoms with Gasteiger partial charge in [-0.15, -0.1) is 5.10 Å². The summed E-state index contributed by atoms with van der Waals surface area (Å²) in [5, 5.41) is 7.30. The fourth-order valence-electron chi connectivity index (χ4n) is 3.06. The minimum absolute atomic E-state index is 0.159. The minimum Gasteiger partial charge on any atom is -0.246 e. The van der Waals surface area contributed by atoms with E-state index >= 15 is 4.39 Å². The number of halogens is 7. The van der Waals surface area contributed by atoms with Gasteiger partial charge in [0, 0.05) is 6.20 Å². The first kappa shape index (κ1) is 20.8. The van der Waals surface area contributed by atoms with Gasteiger partial charge in [0.05, 0.1) is 23.4 Å². The Morgan fingerprint density at radius 2 is 1.07 bits per heavy atom. The van der Waals surface area contributed by atoms with Crippen LogP contribution in [0.4, 0.5) is 30.7 Å². The molecule has 0 aliphatic rings. The van der Waals surface area contributed by atoms with Crippen LogP contribution < -0.4 is 0 Å². The van der Waals surface area contributed by atoms with Gasteiger partial charge in [0.1, 0.15) is 0 Å². The first-order valence-electron chi connectivity index (χ1n) is 8.34. The number of aromatic nitrogens is 3. The van der Waals surface area contributed by atoms with E-state index in [2.05, 4.69) is 10.3 Å². The average Bonchev–Trinajstić information content (AvgIpc) is 3.20. The molecule has 0 aliphatic carbocycles. The lowest BCUT2D eigenvalue weighted by Gasteiger charge is -2.33. The Morgan fingerprint density at radius 1 is 0.690 bits per heavy atom. The van der Waals surface area contributed by atoms with Crippen LogP contribution in [-0.4, -0.2) is 15.0 Å². The van der Waals surface area contributed by atoms with Gasteiger partial charge in [-0.25, -0.2) is 9.07 Å². The van der Waals surface area contributed by atoms with Crippen LogP contribution in [0.15, 0.2) is 60.9 Å². The highest BCUT2D eigenvalue weighted by atomic mass is 19.4. The molecule has 3 rings (SSSR count). The molecular formula is C19H14F7N3. The zero-order chi connectivity index (χ0) is 21.4. The maximum absolute atomic E-state index is 16.4. The predicted molar refractivity (Wildman–Crippen MR) is 89.5 cm³/mol. The first-order valence-corrected chi connectivity index (χ1v) is 8.34. The number of hydrogen-bond acceptors (Lipinski definition) is 2. The molecule has 0 saturated heterocycles. The van der Waals surface area contributed by atoms with Gasteiger partial charge in [0.15, 0.2) is 5.67 Å². The highest BCUT2D eigenvalue weighted by Gasteiger charge is 2.43. The van der Waals surface area contributed by atoms with Crippen LogP contribution in [0.1, 0.15) is 35.2 Å². The fraction of sp³-hybridized carbons (Fsp3) is 0.263. The molecular weight excluding hydrogens is 403 g/mol. The standard InChI is InChI=1S/C19H14F7N3/c1-12(29-11-10-27-28-29)17(20,13-2-6-15(7-3-13)18(21,22)23)14-4-8-16(9-5-14)19(24,25)26/h2-12H,1H3. The Labute approximate surface area is 160 Å². The van der Waals surface area contributed by atoms with E-state index in [1.165, 1.54) is 19.3 Å². The molecule has 1 unspecified atom stereocenters. The molecule has 0 saturated carbocycles. The first-order chi connectivity index (χ1) is 13.4. The highest BCUT2D eigenvalue weighted by molar-refractivity contribution is 5.41. The van der Waals surface area contributed by atoms with Gasteiger partial charge in [0.25, 0.3) is 0 Å². The highest BCUT2D eigenvalue weighted by Crippen LogP contribution is 2.44. The summed E-state index contributed by atoms with van der Waals surface area (Å²) in [5.74, 6) is 0. The van der Waals surface area contributed by atoms with Gasteiger partial charge in [-0.1, -0.05) is 29.5 Å². The van der Waals surface area contributed by atoms with Crippen LogP contribution in [0.5, 0.6) is 0 Å². The van der Waals surface area contributed by atoms with Crippen molar-refractivity contribution in [1.29, 1.82) is 0 Å². The lowest BCUT2D eigenvalue weighted by Crippen LogP contribution is -2.33. The molecule has 0 fully saturated rings. The SMILES string of the molecule is CC(n1ccnn1)C(F)(c1ccc(C(F)(F)F)cc1)c1ccc(C(F)(F)F)cc1. The Morgan fingerprint density at radius 3 is 1.38 bits per heavy atom. The lowest BCUT2D eigenvalue weighted by molar-refractivity contribution is -0.138. The number of rotatable bonds is 4. The summed E-state index contributed by atoms with van der Waals surface area (Å²) in [6.07, 6.45) is -6.57. The van der Waals surface area contributed by atoms with Crippen molar-refractivity contribution in [1.82, 2.24) is 15.0 Å². The molecule has 10 heteroatoms. The molecule has 1 atom stereocenters. The van der Waals surface area contributed by atoms with E-state index in [9.17, 15) is 26.3 Å². The Balaban J connectivity index is 2.12. The van der Waals surface area contributed by atoms with E-state index in [1.54, 1.807) is 0 Å². The van der Waals surface area contributed by atoms with Crippen molar-refractivity contribution < 1.29 is 30.7 Å². The molecule has 1 aromatic heterocycles. The lowest BCUT2D eigenvalue weighted by atomic mass is 9.82. The molecule has 0 bridgehead atoms. The second-order valence-electron chi connectivity index (χ2n) is 6.42. The molecule has 0 spiro atoms. The summed E-state index contributed by atoms with van der Waals surface area (Å²) in [7, 11) is 0. The molecule has 0 amide bonds. The summed E-state index contributed by atoms with van der Waals surface area (Å²) in [6.45, 7) is 1.41.